The van der Waals surface area contributed by atoms with Crippen LogP contribution in [0.3, 0.4) is 0 Å². The minimum absolute atomic E-state index is 0.206. The zero-order valence-corrected chi connectivity index (χ0v) is 18.6. The summed E-state index contributed by atoms with van der Waals surface area (Å²) in [6, 6.07) is 11.7. The number of methoxy groups -OCH3 is 1. The Bertz CT molecular complexity index is 1240. The summed E-state index contributed by atoms with van der Waals surface area (Å²) in [6.45, 7) is 10.1. The number of anilines is 1. The number of ether oxygens (including phenoxy) is 1. The molecule has 0 amide bonds. The van der Waals surface area contributed by atoms with Gasteiger partial charge in [-0.25, -0.2) is 9.78 Å². The van der Waals surface area contributed by atoms with Gasteiger partial charge >= 0.3 is 5.97 Å². The van der Waals surface area contributed by atoms with Crippen LogP contribution in [0.2, 0.25) is 0 Å². The number of imidazole rings is 1. The first-order chi connectivity index (χ1) is 14.7. The number of fused-ring (bicyclic) bond motifs is 1. The molecule has 0 aliphatic heterocycles. The number of pyridine rings is 1. The Morgan fingerprint density at radius 1 is 1.06 bits per heavy atom. The van der Waals surface area contributed by atoms with Crippen LogP contribution in [0.5, 0.6) is 0 Å². The summed E-state index contributed by atoms with van der Waals surface area (Å²) in [5, 5.41) is 7.59. The molecule has 0 radical (unpaired) electrons. The number of nitrogens with one attached hydrogen (secondary N) is 1. The summed E-state index contributed by atoms with van der Waals surface area (Å²) in [4.78, 5) is 16.9. The number of esters is 1. The molecule has 0 aliphatic carbocycles. The van der Waals surface area contributed by atoms with E-state index in [0.29, 0.717) is 5.56 Å². The van der Waals surface area contributed by atoms with Crippen LogP contribution in [0, 0.1) is 13.8 Å². The van der Waals surface area contributed by atoms with Crippen LogP contribution in [0.15, 0.2) is 47.1 Å². The molecule has 31 heavy (non-hydrogen) atoms. The normalized spacial score (nSPS) is 11.7. The molecule has 3 heterocycles. The Kier molecular flexibility index (Phi) is 5.05. The standard InChI is InChI=1S/C24H26N4O3/c1-14-20(15(2)31-27-14)16-7-9-17(10-8-16)21-22(26-24(3,4)5)28-13-18(23(29)30-6)11-12-19(28)25-21/h7-13,26H,1-6H3. The highest BCUT2D eigenvalue weighted by Gasteiger charge is 2.21. The Morgan fingerprint density at radius 3 is 2.32 bits per heavy atom. The molecule has 0 fully saturated rings. The Balaban J connectivity index is 1.84. The lowest BCUT2D eigenvalue weighted by Gasteiger charge is -2.22. The van der Waals surface area contributed by atoms with Crippen molar-refractivity contribution < 1.29 is 14.1 Å². The lowest BCUT2D eigenvalue weighted by atomic mass is 10.0. The lowest BCUT2D eigenvalue weighted by Crippen LogP contribution is -2.27. The molecule has 7 nitrogen and oxygen atoms in total. The van der Waals surface area contributed by atoms with Gasteiger partial charge in [-0.1, -0.05) is 29.4 Å². The van der Waals surface area contributed by atoms with E-state index >= 15 is 0 Å². The average Bonchev–Trinajstić information content (AvgIpc) is 3.25. The molecule has 4 aromatic rings. The largest absolute Gasteiger partial charge is 0.465 e. The van der Waals surface area contributed by atoms with Crippen molar-refractivity contribution in [2.45, 2.75) is 40.2 Å². The first kappa shape index (κ1) is 20.7. The lowest BCUT2D eigenvalue weighted by molar-refractivity contribution is 0.0600. The highest BCUT2D eigenvalue weighted by Crippen LogP contribution is 2.34. The minimum Gasteiger partial charge on any atom is -0.465 e. The highest BCUT2D eigenvalue weighted by atomic mass is 16.5. The number of hydrogen-bond donors (Lipinski definition) is 1. The summed E-state index contributed by atoms with van der Waals surface area (Å²) < 4.78 is 12.1. The van der Waals surface area contributed by atoms with E-state index in [1.165, 1.54) is 7.11 Å². The van der Waals surface area contributed by atoms with Crippen LogP contribution in [0.4, 0.5) is 5.82 Å². The van der Waals surface area contributed by atoms with E-state index in [9.17, 15) is 4.79 Å². The second-order valence-electron chi connectivity index (χ2n) is 8.60. The van der Waals surface area contributed by atoms with Crippen LogP contribution in [-0.4, -0.2) is 33.2 Å². The van der Waals surface area contributed by atoms with Gasteiger partial charge in [0.15, 0.2) is 0 Å². The average molecular weight is 418 g/mol. The molecule has 1 N–H and O–H groups in total. The quantitative estimate of drug-likeness (QED) is 0.455. The van der Waals surface area contributed by atoms with Gasteiger partial charge in [0.2, 0.25) is 0 Å². The fraction of sp³-hybridized carbons (Fsp3) is 0.292. The molecular weight excluding hydrogens is 392 g/mol. The fourth-order valence-electron chi connectivity index (χ4n) is 3.65. The molecule has 0 unspecified atom stereocenters. The van der Waals surface area contributed by atoms with Crippen molar-refractivity contribution >= 4 is 17.4 Å². The van der Waals surface area contributed by atoms with Crippen LogP contribution in [0.25, 0.3) is 28.0 Å². The second-order valence-corrected chi connectivity index (χ2v) is 8.60. The molecule has 0 atom stereocenters. The molecule has 1 aromatic carbocycles. The van der Waals surface area contributed by atoms with E-state index in [2.05, 4.69) is 31.2 Å². The molecule has 7 heteroatoms. The van der Waals surface area contributed by atoms with Crippen LogP contribution >= 0.6 is 0 Å². The molecule has 0 aliphatic rings. The molecule has 0 spiro atoms. The van der Waals surface area contributed by atoms with Gasteiger partial charge in [0.25, 0.3) is 0 Å². The number of aryl methyl sites for hydroxylation is 2. The number of carbonyl (C=O) groups is 1. The molecule has 160 valence electrons. The van der Waals surface area contributed by atoms with Gasteiger partial charge in [0, 0.05) is 22.9 Å². The van der Waals surface area contributed by atoms with Crippen LogP contribution < -0.4 is 5.32 Å². The second kappa shape index (κ2) is 7.58. The van der Waals surface area contributed by atoms with E-state index in [1.54, 1.807) is 12.3 Å². The monoisotopic (exact) mass is 418 g/mol. The van der Waals surface area contributed by atoms with Crippen molar-refractivity contribution in [1.29, 1.82) is 0 Å². The predicted octanol–water partition coefficient (Wildman–Crippen LogP) is 5.27. The number of nitrogens with zero attached hydrogens (tertiary/aromatic N) is 3. The van der Waals surface area contributed by atoms with Crippen molar-refractivity contribution in [2.24, 2.45) is 0 Å². The van der Waals surface area contributed by atoms with E-state index in [4.69, 9.17) is 14.2 Å². The van der Waals surface area contributed by atoms with Crippen LogP contribution in [0.1, 0.15) is 42.6 Å². The number of aromatic nitrogens is 3. The Labute approximate surface area is 181 Å². The molecule has 0 bridgehead atoms. The zero-order chi connectivity index (χ0) is 22.3. The summed E-state index contributed by atoms with van der Waals surface area (Å²) in [5.41, 5.74) is 5.69. The van der Waals surface area contributed by atoms with Crippen LogP contribution in [-0.2, 0) is 4.74 Å². The topological polar surface area (TPSA) is 81.7 Å². The summed E-state index contributed by atoms with van der Waals surface area (Å²) in [7, 11) is 1.38. The highest BCUT2D eigenvalue weighted by molar-refractivity contribution is 5.90. The maximum absolute atomic E-state index is 12.0. The van der Waals surface area contributed by atoms with E-state index in [0.717, 1.165) is 45.3 Å². The SMILES string of the molecule is COC(=O)c1ccc2nc(-c3ccc(-c4c(C)noc4C)cc3)c(NC(C)(C)C)n2c1. The first-order valence-electron chi connectivity index (χ1n) is 10.1. The van der Waals surface area contributed by atoms with Gasteiger partial charge in [0.05, 0.1) is 18.4 Å². The molecular formula is C24H26N4O3. The van der Waals surface area contributed by atoms with Crippen molar-refractivity contribution in [3.05, 3.63) is 59.6 Å². The number of benzene rings is 1. The fourth-order valence-corrected chi connectivity index (χ4v) is 3.65. The first-order valence-corrected chi connectivity index (χ1v) is 10.1. The third kappa shape index (κ3) is 3.91. The van der Waals surface area contributed by atoms with Gasteiger partial charge in [0.1, 0.15) is 22.9 Å². The van der Waals surface area contributed by atoms with Gasteiger partial charge < -0.3 is 14.6 Å². The smallest absolute Gasteiger partial charge is 0.339 e. The van der Waals surface area contributed by atoms with Gasteiger partial charge in [-0.15, -0.1) is 0 Å². The van der Waals surface area contributed by atoms with E-state index < -0.39 is 0 Å². The van der Waals surface area contributed by atoms with Gasteiger partial charge in [-0.3, -0.25) is 4.40 Å². The molecule has 0 saturated carbocycles. The van der Waals surface area contributed by atoms with Gasteiger partial charge in [-0.05, 0) is 52.3 Å². The van der Waals surface area contributed by atoms with E-state index in [-0.39, 0.29) is 11.5 Å². The number of rotatable bonds is 4. The number of hydrogen-bond acceptors (Lipinski definition) is 6. The van der Waals surface area contributed by atoms with Crippen molar-refractivity contribution in [1.82, 2.24) is 14.5 Å². The summed E-state index contributed by atoms with van der Waals surface area (Å²) in [5.74, 6) is 1.23. The number of carbonyl (C=O) groups excluding carboxylic acids is 1. The maximum atomic E-state index is 12.0. The van der Waals surface area contributed by atoms with Gasteiger partial charge in [-0.2, -0.15) is 0 Å². The molecule has 0 saturated heterocycles. The summed E-state index contributed by atoms with van der Waals surface area (Å²) in [6.07, 6.45) is 1.75. The zero-order valence-electron chi connectivity index (χ0n) is 18.6. The summed E-state index contributed by atoms with van der Waals surface area (Å²) >= 11 is 0. The third-order valence-electron chi connectivity index (χ3n) is 5.01. The van der Waals surface area contributed by atoms with Crippen molar-refractivity contribution in [3.63, 3.8) is 0 Å². The Morgan fingerprint density at radius 2 is 1.74 bits per heavy atom. The van der Waals surface area contributed by atoms with Crippen molar-refractivity contribution in [2.75, 3.05) is 12.4 Å². The van der Waals surface area contributed by atoms with E-state index in [1.807, 2.05) is 48.6 Å². The third-order valence-corrected chi connectivity index (χ3v) is 5.01. The van der Waals surface area contributed by atoms with Crippen molar-refractivity contribution in [3.8, 4) is 22.4 Å². The molecule has 4 rings (SSSR count). The maximum Gasteiger partial charge on any atom is 0.339 e. The molecule has 3 aromatic heterocycles. The minimum atomic E-state index is -0.386. The Hall–Kier alpha value is -3.61. The predicted molar refractivity (Wildman–Crippen MR) is 120 cm³/mol.